The van der Waals surface area contributed by atoms with Gasteiger partial charge in [0.25, 0.3) is 0 Å². The lowest BCUT2D eigenvalue weighted by Gasteiger charge is -2.33. The molecule has 0 atom stereocenters. The molecule has 3 heterocycles. The largest absolute Gasteiger partial charge is 0.451 e. The molecule has 0 aromatic carbocycles. The summed E-state index contributed by atoms with van der Waals surface area (Å²) in [5.41, 5.74) is 5.37. The van der Waals surface area contributed by atoms with Crippen LogP contribution in [0.15, 0.2) is 6.07 Å². The van der Waals surface area contributed by atoms with E-state index in [1.54, 1.807) is 6.07 Å². The highest BCUT2D eigenvalue weighted by molar-refractivity contribution is 5.75. The molecule has 2 saturated heterocycles. The van der Waals surface area contributed by atoms with Gasteiger partial charge in [-0.25, -0.2) is 9.97 Å². The number of aromatic nitrogens is 2. The zero-order valence-corrected chi connectivity index (χ0v) is 17.3. The fourth-order valence-electron chi connectivity index (χ4n) is 4.12. The number of amides is 1. The summed E-state index contributed by atoms with van der Waals surface area (Å²) < 4.78 is 40.0. The van der Waals surface area contributed by atoms with Crippen molar-refractivity contribution in [3.05, 3.63) is 11.9 Å². The molecule has 0 radical (unpaired) electrons. The lowest BCUT2D eigenvalue weighted by atomic mass is 9.91. The number of hydrogen-bond acceptors (Lipinski definition) is 6. The van der Waals surface area contributed by atoms with Crippen LogP contribution in [0, 0.1) is 5.92 Å². The van der Waals surface area contributed by atoms with Gasteiger partial charge in [-0.05, 0) is 44.4 Å². The van der Waals surface area contributed by atoms with Crippen molar-refractivity contribution in [1.29, 1.82) is 0 Å². The Hall–Kier alpha value is -2.10. The summed E-state index contributed by atoms with van der Waals surface area (Å²) in [6, 6.07) is 1.70. The Morgan fingerprint density at radius 2 is 1.70 bits per heavy atom. The van der Waals surface area contributed by atoms with Crippen molar-refractivity contribution in [3.8, 4) is 0 Å². The second kappa shape index (κ2) is 10.3. The molecule has 168 valence electrons. The van der Waals surface area contributed by atoms with Crippen molar-refractivity contribution in [2.24, 2.45) is 11.7 Å². The number of carbonyl (C=O) groups excluding carboxylic acids is 1. The molecule has 0 unspecified atom stereocenters. The fraction of sp³-hybridized carbons (Fsp3) is 0.750. The van der Waals surface area contributed by atoms with Gasteiger partial charge in [-0.2, -0.15) is 13.2 Å². The summed E-state index contributed by atoms with van der Waals surface area (Å²) in [4.78, 5) is 23.1. The average Bonchev–Trinajstić information content (AvgIpc) is 3.27. The van der Waals surface area contributed by atoms with E-state index in [4.69, 9.17) is 5.73 Å². The molecule has 3 rings (SSSR count). The molecule has 1 aromatic rings. The van der Waals surface area contributed by atoms with Gasteiger partial charge < -0.3 is 20.9 Å². The highest BCUT2D eigenvalue weighted by Crippen LogP contribution is 2.33. The third-order valence-electron chi connectivity index (χ3n) is 5.80. The van der Waals surface area contributed by atoms with E-state index in [0.29, 0.717) is 50.2 Å². The van der Waals surface area contributed by atoms with E-state index in [1.165, 1.54) is 0 Å². The zero-order valence-electron chi connectivity index (χ0n) is 17.3. The molecule has 0 spiro atoms. The third-order valence-corrected chi connectivity index (χ3v) is 5.80. The van der Waals surface area contributed by atoms with Gasteiger partial charge >= 0.3 is 6.18 Å². The maximum absolute atomic E-state index is 13.3. The molecule has 0 aliphatic carbocycles. The number of piperidine rings is 1. The van der Waals surface area contributed by atoms with Gasteiger partial charge in [-0.1, -0.05) is 0 Å². The van der Waals surface area contributed by atoms with Gasteiger partial charge in [0.15, 0.2) is 0 Å². The molecule has 0 saturated carbocycles. The number of nitrogens with one attached hydrogen (secondary N) is 1. The highest BCUT2D eigenvalue weighted by atomic mass is 19.4. The van der Waals surface area contributed by atoms with E-state index in [2.05, 4.69) is 15.3 Å². The number of hydrogen-bond donors (Lipinski definition) is 2. The van der Waals surface area contributed by atoms with Crippen molar-refractivity contribution in [1.82, 2.24) is 15.3 Å². The summed E-state index contributed by atoms with van der Waals surface area (Å²) in [5, 5.41) is 2.76. The normalized spacial score (nSPS) is 18.1. The smallest absolute Gasteiger partial charge is 0.356 e. The Balaban J connectivity index is 1.56. The van der Waals surface area contributed by atoms with Crippen molar-refractivity contribution >= 4 is 17.5 Å². The first-order valence-corrected chi connectivity index (χ1v) is 10.8. The Labute approximate surface area is 175 Å². The number of halogens is 3. The molecule has 1 aromatic heterocycles. The number of nitrogens with zero attached hydrogens (tertiary/aromatic N) is 4. The third kappa shape index (κ3) is 6.20. The van der Waals surface area contributed by atoms with Crippen molar-refractivity contribution < 1.29 is 18.0 Å². The van der Waals surface area contributed by atoms with Crippen LogP contribution in [0.1, 0.15) is 50.8 Å². The first-order chi connectivity index (χ1) is 14.4. The summed E-state index contributed by atoms with van der Waals surface area (Å²) in [5.74, 6) is 0.167. The molecular weight excluding hydrogens is 397 g/mol. The van der Waals surface area contributed by atoms with Gasteiger partial charge in [0.1, 0.15) is 11.6 Å². The quantitative estimate of drug-likeness (QED) is 0.662. The summed E-state index contributed by atoms with van der Waals surface area (Å²) in [6.45, 7) is 3.72. The lowest BCUT2D eigenvalue weighted by molar-refractivity contribution is -0.144. The number of alkyl halides is 3. The molecule has 0 bridgehead atoms. The van der Waals surface area contributed by atoms with Crippen LogP contribution in [0.25, 0.3) is 0 Å². The standard InChI is InChI=1S/C20H31F3N6O/c21-20(22,23)19-26-16(28-10-1-2-11-28)14-17(27-19)29-12-6-15(7-13-29)4-3-5-18(30)25-9-8-24/h14-15H,1-13,24H2,(H,25,30). The van der Waals surface area contributed by atoms with Crippen LogP contribution < -0.4 is 20.9 Å². The van der Waals surface area contributed by atoms with E-state index >= 15 is 0 Å². The van der Waals surface area contributed by atoms with Crippen LogP contribution in [-0.4, -0.2) is 55.1 Å². The Morgan fingerprint density at radius 1 is 1.10 bits per heavy atom. The topological polar surface area (TPSA) is 87.4 Å². The van der Waals surface area contributed by atoms with Gasteiger partial charge in [-0.3, -0.25) is 4.79 Å². The van der Waals surface area contributed by atoms with Crippen LogP contribution in [0.5, 0.6) is 0 Å². The van der Waals surface area contributed by atoms with Crippen molar-refractivity contribution in [2.75, 3.05) is 49.1 Å². The summed E-state index contributed by atoms with van der Waals surface area (Å²) in [6.07, 6.45) is 1.39. The molecule has 1 amide bonds. The molecular formula is C20H31F3N6O. The van der Waals surface area contributed by atoms with Crippen LogP contribution in [0.3, 0.4) is 0 Å². The van der Waals surface area contributed by atoms with Gasteiger partial charge in [-0.15, -0.1) is 0 Å². The van der Waals surface area contributed by atoms with E-state index in [9.17, 15) is 18.0 Å². The van der Waals surface area contributed by atoms with Gasteiger partial charge in [0.05, 0.1) is 0 Å². The molecule has 2 aliphatic rings. The lowest BCUT2D eigenvalue weighted by Crippen LogP contribution is -2.35. The molecule has 10 heteroatoms. The number of anilines is 2. The SMILES string of the molecule is NCCNC(=O)CCCC1CCN(c2cc(N3CCCC3)nc(C(F)(F)F)n2)CC1. The van der Waals surface area contributed by atoms with Crippen LogP contribution in [0.2, 0.25) is 0 Å². The van der Waals surface area contributed by atoms with E-state index in [0.717, 1.165) is 51.6 Å². The van der Waals surface area contributed by atoms with Crippen molar-refractivity contribution in [3.63, 3.8) is 0 Å². The van der Waals surface area contributed by atoms with E-state index in [1.807, 2.05) is 9.80 Å². The second-order valence-electron chi connectivity index (χ2n) is 8.06. The zero-order chi connectivity index (χ0) is 21.6. The van der Waals surface area contributed by atoms with Crippen molar-refractivity contribution in [2.45, 2.75) is 51.1 Å². The Morgan fingerprint density at radius 3 is 2.27 bits per heavy atom. The molecule has 3 N–H and O–H groups in total. The molecule has 2 aliphatic heterocycles. The van der Waals surface area contributed by atoms with Crippen LogP contribution in [0.4, 0.5) is 24.8 Å². The first-order valence-electron chi connectivity index (χ1n) is 10.8. The van der Waals surface area contributed by atoms with E-state index < -0.39 is 12.0 Å². The number of carbonyl (C=O) groups is 1. The van der Waals surface area contributed by atoms with Crippen LogP contribution >= 0.6 is 0 Å². The maximum atomic E-state index is 13.3. The average molecular weight is 429 g/mol. The minimum Gasteiger partial charge on any atom is -0.356 e. The van der Waals surface area contributed by atoms with Gasteiger partial charge in [0, 0.05) is 51.8 Å². The summed E-state index contributed by atoms with van der Waals surface area (Å²) in [7, 11) is 0. The molecule has 2 fully saturated rings. The van der Waals surface area contributed by atoms with Crippen LogP contribution in [-0.2, 0) is 11.0 Å². The van der Waals surface area contributed by atoms with E-state index in [-0.39, 0.29) is 5.91 Å². The number of nitrogens with two attached hydrogens (primary N) is 1. The fourth-order valence-corrected chi connectivity index (χ4v) is 4.12. The molecule has 30 heavy (non-hydrogen) atoms. The summed E-state index contributed by atoms with van der Waals surface area (Å²) >= 11 is 0. The maximum Gasteiger partial charge on any atom is 0.451 e. The monoisotopic (exact) mass is 428 g/mol. The Kier molecular flexibility index (Phi) is 7.74. The minimum atomic E-state index is -4.56. The first kappa shape index (κ1) is 22.6. The predicted octanol–water partition coefficient (Wildman–Crippen LogP) is 2.56. The molecule has 7 nitrogen and oxygen atoms in total. The minimum absolute atomic E-state index is 0.0213. The number of rotatable bonds is 8. The Bertz CT molecular complexity index is 700. The predicted molar refractivity (Wildman–Crippen MR) is 109 cm³/mol. The van der Waals surface area contributed by atoms with Gasteiger partial charge in [0.2, 0.25) is 11.7 Å². The second-order valence-corrected chi connectivity index (χ2v) is 8.06. The highest BCUT2D eigenvalue weighted by Gasteiger charge is 2.37.